The fourth-order valence-corrected chi connectivity index (χ4v) is 0. The Hall–Kier alpha value is 0.590. The third-order valence-corrected chi connectivity index (χ3v) is 1.40. The van der Waals surface area contributed by atoms with Gasteiger partial charge in [0.1, 0.15) is 16.3 Å². The summed E-state index contributed by atoms with van der Waals surface area (Å²) in [6, 6.07) is 0. The van der Waals surface area contributed by atoms with Gasteiger partial charge >= 0.3 is 7.82 Å². The Morgan fingerprint density at radius 1 is 1.67 bits per heavy atom. The van der Waals surface area contributed by atoms with Crippen molar-refractivity contribution in [2.24, 2.45) is 0 Å². The van der Waals surface area contributed by atoms with Gasteiger partial charge in [0.15, 0.2) is 0 Å². The molecule has 0 saturated carbocycles. The predicted molar refractivity (Wildman–Crippen MR) is 22.1 cm³/mol. The van der Waals surface area contributed by atoms with Gasteiger partial charge in [-0.25, -0.2) is 8.18 Å². The molecular formula is H2BrO4P. The highest BCUT2D eigenvalue weighted by Crippen LogP contribution is 2.37. The molecule has 6 heavy (non-hydrogen) atoms. The number of hydrogen-bond acceptors (Lipinski definition) is 2. The maximum absolute atomic E-state index is 9.43. The molecule has 6 heteroatoms. The van der Waals surface area contributed by atoms with Crippen LogP contribution in [0.15, 0.2) is 0 Å². The van der Waals surface area contributed by atoms with Crippen LogP contribution in [0, 0.1) is 0 Å². The van der Waals surface area contributed by atoms with E-state index in [9.17, 15) is 4.57 Å². The third kappa shape index (κ3) is 4.59. The van der Waals surface area contributed by atoms with Gasteiger partial charge in [-0.05, 0) is 0 Å². The van der Waals surface area contributed by atoms with E-state index >= 15 is 0 Å². The molecule has 0 saturated heterocycles. The lowest BCUT2D eigenvalue weighted by Crippen LogP contribution is -1.69. The van der Waals surface area contributed by atoms with Gasteiger partial charge in [-0.1, -0.05) is 0 Å². The Bertz CT molecular complexity index is 71.6. The predicted octanol–water partition coefficient (Wildman–Crippen LogP) is 0.406. The molecule has 0 fully saturated rings. The van der Waals surface area contributed by atoms with E-state index in [2.05, 4.69) is 19.9 Å². The molecule has 4 nitrogen and oxygen atoms in total. The number of hydrogen-bond donors (Lipinski definition) is 2. The minimum Gasteiger partial charge on any atom is -0.302 e. The molecule has 0 amide bonds. The normalized spacial score (nSPS) is 11.8. The zero-order valence-corrected chi connectivity index (χ0v) is 5.02. The second-order valence-electron chi connectivity index (χ2n) is 0.560. The monoisotopic (exact) mass is 176 g/mol. The van der Waals surface area contributed by atoms with Gasteiger partial charge in [0.2, 0.25) is 0 Å². The van der Waals surface area contributed by atoms with Crippen LogP contribution in [0.2, 0.25) is 0 Å². The summed E-state index contributed by atoms with van der Waals surface area (Å²) in [6.45, 7) is 0. The number of phosphoric acid groups is 1. The minimum absolute atomic E-state index is 2.11. The molecule has 0 bridgehead atoms. The Balaban J connectivity index is 3.48. The first-order valence-corrected chi connectivity index (χ1v) is 3.10. The molecule has 0 rings (SSSR count). The second-order valence-corrected chi connectivity index (χ2v) is 2.55. The van der Waals surface area contributed by atoms with Crippen molar-refractivity contribution in [2.75, 3.05) is 0 Å². The molecule has 38 valence electrons. The van der Waals surface area contributed by atoms with E-state index in [0.29, 0.717) is 0 Å². The average molecular weight is 177 g/mol. The summed E-state index contributed by atoms with van der Waals surface area (Å²) < 4.78 is 12.8. The summed E-state index contributed by atoms with van der Waals surface area (Å²) in [5.41, 5.74) is 0. The Morgan fingerprint density at radius 3 is 1.83 bits per heavy atom. The van der Waals surface area contributed by atoms with Gasteiger partial charge in [-0.3, -0.25) is 0 Å². The summed E-state index contributed by atoms with van der Waals surface area (Å²) in [5, 5.41) is 0. The lowest BCUT2D eigenvalue weighted by Gasteiger charge is -1.90. The molecule has 0 radical (unpaired) electrons. The second kappa shape index (κ2) is 2.04. The highest BCUT2D eigenvalue weighted by atomic mass is 79.9. The molecule has 0 aromatic rings. The molecule has 0 aromatic heterocycles. The van der Waals surface area contributed by atoms with E-state index in [0.717, 1.165) is 0 Å². The van der Waals surface area contributed by atoms with Crippen molar-refractivity contribution >= 4 is 24.1 Å². The van der Waals surface area contributed by atoms with Crippen molar-refractivity contribution < 1.29 is 18.0 Å². The van der Waals surface area contributed by atoms with Crippen LogP contribution in [0.25, 0.3) is 0 Å². The SMILES string of the molecule is O=P(O)(O)OBr. The van der Waals surface area contributed by atoms with Crippen molar-refractivity contribution in [3.05, 3.63) is 0 Å². The quantitative estimate of drug-likeness (QED) is 0.569. The molecule has 0 aliphatic carbocycles. The first-order chi connectivity index (χ1) is 2.56. The van der Waals surface area contributed by atoms with Crippen LogP contribution in [0.5, 0.6) is 0 Å². The van der Waals surface area contributed by atoms with Gasteiger partial charge in [0.05, 0.1) is 0 Å². The molecule has 0 aliphatic rings. The van der Waals surface area contributed by atoms with Crippen LogP contribution in [0.1, 0.15) is 0 Å². The van der Waals surface area contributed by atoms with E-state index in [-0.39, 0.29) is 0 Å². The lowest BCUT2D eigenvalue weighted by molar-refractivity contribution is 0.304. The van der Waals surface area contributed by atoms with Gasteiger partial charge in [0, 0.05) is 0 Å². The van der Waals surface area contributed by atoms with Crippen LogP contribution >= 0.6 is 24.1 Å². The van der Waals surface area contributed by atoms with Gasteiger partial charge in [-0.15, -0.1) is 0 Å². The number of halogens is 1. The Morgan fingerprint density at radius 2 is 1.83 bits per heavy atom. The fraction of sp³-hybridized carbons (Fsp3) is 0. The van der Waals surface area contributed by atoms with Crippen molar-refractivity contribution in [3.63, 3.8) is 0 Å². The van der Waals surface area contributed by atoms with E-state index in [1.807, 2.05) is 0 Å². The summed E-state index contributed by atoms with van der Waals surface area (Å²) in [4.78, 5) is 15.3. The summed E-state index contributed by atoms with van der Waals surface area (Å²) >= 11 is 2.11. The topological polar surface area (TPSA) is 66.8 Å². The largest absolute Gasteiger partial charge is 0.480 e. The van der Waals surface area contributed by atoms with Crippen molar-refractivity contribution in [3.8, 4) is 0 Å². The Labute approximate surface area is 42.8 Å². The standard InChI is InChI=1S/BrH2O4P/c1-5-6(2,3)4/h(H2,2,3,4). The van der Waals surface area contributed by atoms with Crippen molar-refractivity contribution in [1.29, 1.82) is 0 Å². The van der Waals surface area contributed by atoms with Crippen molar-refractivity contribution in [2.45, 2.75) is 0 Å². The minimum atomic E-state index is -4.23. The highest BCUT2D eigenvalue weighted by Gasteiger charge is 2.09. The molecule has 0 spiro atoms. The van der Waals surface area contributed by atoms with E-state index in [4.69, 9.17) is 9.79 Å². The zero-order valence-electron chi connectivity index (χ0n) is 2.54. The molecule has 0 atom stereocenters. The van der Waals surface area contributed by atoms with Crippen LogP contribution in [-0.4, -0.2) is 9.79 Å². The lowest BCUT2D eigenvalue weighted by atomic mass is 15.8. The Kier molecular flexibility index (Phi) is 2.25. The highest BCUT2D eigenvalue weighted by molar-refractivity contribution is 9.06. The molecule has 2 N–H and O–H groups in total. The van der Waals surface area contributed by atoms with Gasteiger partial charge in [-0.2, -0.15) is 0 Å². The smallest absolute Gasteiger partial charge is 0.302 e. The van der Waals surface area contributed by atoms with Gasteiger partial charge < -0.3 is 9.79 Å². The maximum atomic E-state index is 9.43. The van der Waals surface area contributed by atoms with Crippen LogP contribution < -0.4 is 0 Å². The fourth-order valence-electron chi connectivity index (χ4n) is 0. The zero-order chi connectivity index (χ0) is 5.21. The van der Waals surface area contributed by atoms with Crippen LogP contribution in [0.3, 0.4) is 0 Å². The van der Waals surface area contributed by atoms with Crippen molar-refractivity contribution in [1.82, 2.24) is 0 Å². The number of rotatable bonds is 1. The van der Waals surface area contributed by atoms with E-state index < -0.39 is 7.82 Å². The average Bonchev–Trinajstić information content (AvgIpc) is 1.35. The molecule has 0 aliphatic heterocycles. The summed E-state index contributed by atoms with van der Waals surface area (Å²) in [7, 11) is -4.23. The maximum Gasteiger partial charge on any atom is 0.480 e. The van der Waals surface area contributed by atoms with Gasteiger partial charge in [0.25, 0.3) is 0 Å². The van der Waals surface area contributed by atoms with E-state index in [1.165, 1.54) is 0 Å². The first-order valence-electron chi connectivity index (χ1n) is 0.919. The summed E-state index contributed by atoms with van der Waals surface area (Å²) in [5.74, 6) is 0. The molecule has 0 aromatic carbocycles. The summed E-state index contributed by atoms with van der Waals surface area (Å²) in [6.07, 6.45) is 0. The molecule has 0 heterocycles. The van der Waals surface area contributed by atoms with Crippen LogP contribution in [0.4, 0.5) is 0 Å². The first kappa shape index (κ1) is 6.59. The van der Waals surface area contributed by atoms with E-state index in [1.54, 1.807) is 0 Å². The van der Waals surface area contributed by atoms with Crippen LogP contribution in [-0.2, 0) is 8.18 Å². The molecule has 0 unspecified atom stereocenters. The third-order valence-electron chi connectivity index (χ3n) is 0.0899. The molecular weight excluding hydrogens is 175 g/mol.